The van der Waals surface area contributed by atoms with E-state index in [0.717, 1.165) is 10.8 Å². The average Bonchev–Trinajstić information content (AvgIpc) is 2.91. The van der Waals surface area contributed by atoms with Crippen LogP contribution >= 0.6 is 0 Å². The molecule has 2 aliphatic heterocycles. The van der Waals surface area contributed by atoms with E-state index in [0.29, 0.717) is 24.3 Å². The van der Waals surface area contributed by atoms with Gasteiger partial charge >= 0.3 is 5.97 Å². The summed E-state index contributed by atoms with van der Waals surface area (Å²) < 4.78 is 38.6. The fourth-order valence-corrected chi connectivity index (χ4v) is 6.24. The summed E-state index contributed by atoms with van der Waals surface area (Å²) >= 11 is 0. The maximum Gasteiger partial charge on any atom is 0.348 e. The number of anilines is 1. The van der Waals surface area contributed by atoms with Crippen molar-refractivity contribution >= 4 is 38.4 Å². The predicted octanol–water partition coefficient (Wildman–Crippen LogP) is 3.21. The van der Waals surface area contributed by atoms with Crippen LogP contribution in [0.4, 0.5) is 5.69 Å². The summed E-state index contributed by atoms with van der Waals surface area (Å²) in [5.74, 6) is -0.604. The molecular weight excluding hydrogens is 468 g/mol. The summed E-state index contributed by atoms with van der Waals surface area (Å²) in [6, 6.07) is 19.8. The van der Waals surface area contributed by atoms with Gasteiger partial charge in [0.15, 0.2) is 0 Å². The van der Waals surface area contributed by atoms with Crippen LogP contribution in [0.25, 0.3) is 10.8 Å². The highest BCUT2D eigenvalue weighted by Gasteiger charge is 2.39. The zero-order chi connectivity index (χ0) is 24.6. The number of ether oxygens (including phenoxy) is 2. The summed E-state index contributed by atoms with van der Waals surface area (Å²) in [6.45, 7) is 0.550. The first-order valence-corrected chi connectivity index (χ1v) is 13.0. The van der Waals surface area contributed by atoms with Crippen molar-refractivity contribution in [2.45, 2.75) is 23.8 Å². The molecule has 1 atom stereocenters. The summed E-state index contributed by atoms with van der Waals surface area (Å²) in [5.41, 5.74) is 0.601. The molecular formula is C26H26N2O6S. The van der Waals surface area contributed by atoms with E-state index in [1.807, 2.05) is 30.3 Å². The maximum absolute atomic E-state index is 13.5. The third-order valence-electron chi connectivity index (χ3n) is 6.67. The SMILES string of the molecule is COC(=O)[C@H]1CN(C(=O)C2CCN(S(=O)(=O)c3ccc4ccccc4c3)CC2)c2ccccc2O1. The molecule has 1 fully saturated rings. The molecule has 35 heavy (non-hydrogen) atoms. The Labute approximate surface area is 204 Å². The molecule has 2 aliphatic rings. The van der Waals surface area contributed by atoms with E-state index in [1.54, 1.807) is 41.3 Å². The van der Waals surface area contributed by atoms with Crippen molar-refractivity contribution in [3.05, 3.63) is 66.7 Å². The highest BCUT2D eigenvalue weighted by molar-refractivity contribution is 7.89. The van der Waals surface area contributed by atoms with Crippen molar-refractivity contribution in [2.75, 3.05) is 31.6 Å². The minimum absolute atomic E-state index is 0.0537. The lowest BCUT2D eigenvalue weighted by Crippen LogP contribution is -2.51. The van der Waals surface area contributed by atoms with Gasteiger partial charge in [-0.05, 0) is 47.9 Å². The number of carbonyl (C=O) groups is 2. The van der Waals surface area contributed by atoms with Gasteiger partial charge < -0.3 is 14.4 Å². The molecule has 3 aromatic carbocycles. The molecule has 0 unspecified atom stereocenters. The lowest BCUT2D eigenvalue weighted by atomic mass is 9.95. The quantitative estimate of drug-likeness (QED) is 0.517. The number of esters is 1. The first-order chi connectivity index (χ1) is 16.9. The molecule has 0 N–H and O–H groups in total. The molecule has 0 bridgehead atoms. The fraction of sp³-hybridized carbons (Fsp3) is 0.308. The molecule has 0 spiro atoms. The number of hydrogen-bond donors (Lipinski definition) is 0. The van der Waals surface area contributed by atoms with Crippen LogP contribution in [-0.4, -0.2) is 57.4 Å². The summed E-state index contributed by atoms with van der Waals surface area (Å²) in [6.07, 6.45) is -0.116. The number of hydrogen-bond acceptors (Lipinski definition) is 6. The van der Waals surface area contributed by atoms with Crippen LogP contribution in [0.2, 0.25) is 0 Å². The number of sulfonamides is 1. The summed E-state index contributed by atoms with van der Waals surface area (Å²) in [5, 5.41) is 1.84. The van der Waals surface area contributed by atoms with Crippen molar-refractivity contribution in [3.63, 3.8) is 0 Å². The molecule has 1 amide bonds. The van der Waals surface area contributed by atoms with Gasteiger partial charge in [0.25, 0.3) is 0 Å². The second-order valence-electron chi connectivity index (χ2n) is 8.73. The molecule has 5 rings (SSSR count). The third-order valence-corrected chi connectivity index (χ3v) is 8.56. The fourth-order valence-electron chi connectivity index (χ4n) is 4.74. The van der Waals surface area contributed by atoms with Crippen molar-refractivity contribution in [2.24, 2.45) is 5.92 Å². The molecule has 0 saturated carbocycles. The highest BCUT2D eigenvalue weighted by atomic mass is 32.2. The van der Waals surface area contributed by atoms with Gasteiger partial charge in [0, 0.05) is 19.0 Å². The number of methoxy groups -OCH3 is 1. The number of fused-ring (bicyclic) bond motifs is 2. The number of para-hydroxylation sites is 2. The Hall–Kier alpha value is -3.43. The Bertz CT molecular complexity index is 1380. The van der Waals surface area contributed by atoms with Crippen LogP contribution in [0.3, 0.4) is 0 Å². The first kappa shape index (κ1) is 23.3. The largest absolute Gasteiger partial charge is 0.475 e. The Morgan fingerprint density at radius 3 is 2.37 bits per heavy atom. The van der Waals surface area contributed by atoms with Gasteiger partial charge in [0.2, 0.25) is 22.0 Å². The highest BCUT2D eigenvalue weighted by Crippen LogP contribution is 2.36. The first-order valence-electron chi connectivity index (χ1n) is 11.5. The van der Waals surface area contributed by atoms with E-state index in [4.69, 9.17) is 9.47 Å². The molecule has 8 nitrogen and oxygen atoms in total. The molecule has 9 heteroatoms. The summed E-state index contributed by atoms with van der Waals surface area (Å²) in [7, 11) is -2.39. The number of piperidine rings is 1. The Morgan fingerprint density at radius 1 is 0.943 bits per heavy atom. The van der Waals surface area contributed by atoms with Crippen molar-refractivity contribution in [1.29, 1.82) is 0 Å². The third kappa shape index (κ3) is 4.37. The van der Waals surface area contributed by atoms with Crippen LogP contribution in [0.5, 0.6) is 5.75 Å². The molecule has 1 saturated heterocycles. The van der Waals surface area contributed by atoms with Crippen LogP contribution in [0.1, 0.15) is 12.8 Å². The van der Waals surface area contributed by atoms with Gasteiger partial charge in [-0.3, -0.25) is 4.79 Å². The topological polar surface area (TPSA) is 93.2 Å². The number of rotatable bonds is 4. The normalized spacial score (nSPS) is 19.1. The van der Waals surface area contributed by atoms with Crippen LogP contribution < -0.4 is 9.64 Å². The number of amides is 1. The number of carbonyl (C=O) groups excluding carboxylic acids is 2. The van der Waals surface area contributed by atoms with E-state index >= 15 is 0 Å². The lowest BCUT2D eigenvalue weighted by molar-refractivity contribution is -0.148. The van der Waals surface area contributed by atoms with E-state index < -0.39 is 22.1 Å². The Kier molecular flexibility index (Phi) is 6.21. The van der Waals surface area contributed by atoms with E-state index in [9.17, 15) is 18.0 Å². The Morgan fingerprint density at radius 2 is 1.63 bits per heavy atom. The predicted molar refractivity (Wildman–Crippen MR) is 131 cm³/mol. The molecule has 0 aliphatic carbocycles. The van der Waals surface area contributed by atoms with Crippen LogP contribution in [0.15, 0.2) is 71.6 Å². The maximum atomic E-state index is 13.5. The zero-order valence-corrected chi connectivity index (χ0v) is 20.1. The minimum atomic E-state index is -3.67. The van der Waals surface area contributed by atoms with Crippen LogP contribution in [-0.2, 0) is 24.3 Å². The number of nitrogens with zero attached hydrogens (tertiary/aromatic N) is 2. The van der Waals surface area contributed by atoms with Gasteiger partial charge in [0.1, 0.15) is 5.75 Å². The molecule has 2 heterocycles. The van der Waals surface area contributed by atoms with Crippen LogP contribution in [0, 0.1) is 5.92 Å². The van der Waals surface area contributed by atoms with Crippen molar-refractivity contribution < 1.29 is 27.5 Å². The second-order valence-corrected chi connectivity index (χ2v) is 10.7. The van der Waals surface area contributed by atoms with E-state index in [1.165, 1.54) is 11.4 Å². The monoisotopic (exact) mass is 494 g/mol. The van der Waals surface area contributed by atoms with E-state index in [-0.39, 0.29) is 36.4 Å². The van der Waals surface area contributed by atoms with Gasteiger partial charge in [-0.1, -0.05) is 42.5 Å². The van der Waals surface area contributed by atoms with Gasteiger partial charge in [-0.15, -0.1) is 0 Å². The van der Waals surface area contributed by atoms with E-state index in [2.05, 4.69) is 0 Å². The van der Waals surface area contributed by atoms with Crippen molar-refractivity contribution in [3.8, 4) is 5.75 Å². The van der Waals surface area contributed by atoms with Crippen molar-refractivity contribution in [1.82, 2.24) is 4.31 Å². The molecule has 182 valence electrons. The molecule has 0 aromatic heterocycles. The molecule has 3 aromatic rings. The smallest absolute Gasteiger partial charge is 0.348 e. The van der Waals surface area contributed by atoms with Gasteiger partial charge in [-0.2, -0.15) is 4.31 Å². The second kappa shape index (κ2) is 9.31. The Balaban J connectivity index is 1.31. The van der Waals surface area contributed by atoms with Gasteiger partial charge in [0.05, 0.1) is 24.2 Å². The number of benzene rings is 3. The zero-order valence-electron chi connectivity index (χ0n) is 19.3. The van der Waals surface area contributed by atoms with Gasteiger partial charge in [-0.25, -0.2) is 13.2 Å². The molecule has 0 radical (unpaired) electrons. The minimum Gasteiger partial charge on any atom is -0.475 e. The standard InChI is InChI=1S/C26H26N2O6S/c1-33-26(30)24-17-28(22-8-4-5-9-23(22)34-24)25(29)19-12-14-27(15-13-19)35(31,32)21-11-10-18-6-2-3-7-20(18)16-21/h2-11,16,19,24H,12-15,17H2,1H3/t24-/m1/s1. The lowest BCUT2D eigenvalue weighted by Gasteiger charge is -2.37. The summed E-state index contributed by atoms with van der Waals surface area (Å²) in [4.78, 5) is 27.4. The average molecular weight is 495 g/mol.